The van der Waals surface area contributed by atoms with Crippen LogP contribution in [0.1, 0.15) is 70.2 Å². The molecule has 1 aromatic heterocycles. The molecule has 2 heterocycles. The van der Waals surface area contributed by atoms with Crippen LogP contribution in [0.4, 0.5) is 10.7 Å². The molecule has 33 heavy (non-hydrogen) atoms. The predicted octanol–water partition coefficient (Wildman–Crippen LogP) is 2.70. The molecule has 4 rings (SSSR count). The number of hydrazine groups is 1. The third-order valence-corrected chi connectivity index (χ3v) is 6.87. The summed E-state index contributed by atoms with van der Waals surface area (Å²) in [6, 6.07) is 6.20. The number of nitrogens with one attached hydrogen (secondary N) is 3. The van der Waals surface area contributed by atoms with Crippen molar-refractivity contribution in [1.82, 2.24) is 10.9 Å². The largest absolute Gasteiger partial charge is 0.313 e. The summed E-state index contributed by atoms with van der Waals surface area (Å²) in [7, 11) is 0. The van der Waals surface area contributed by atoms with Crippen molar-refractivity contribution >= 4 is 51.6 Å². The average molecular weight is 469 g/mol. The lowest BCUT2D eigenvalue weighted by Crippen LogP contribution is -2.40. The van der Waals surface area contributed by atoms with Crippen LogP contribution in [0, 0.1) is 0 Å². The van der Waals surface area contributed by atoms with Crippen molar-refractivity contribution in [2.24, 2.45) is 0 Å². The molecule has 10 heteroatoms. The fraction of sp³-hybridized carbons (Fsp3) is 0.348. The Kier molecular flexibility index (Phi) is 6.55. The first-order valence-corrected chi connectivity index (χ1v) is 11.7. The van der Waals surface area contributed by atoms with E-state index >= 15 is 0 Å². The van der Waals surface area contributed by atoms with Crippen LogP contribution in [-0.4, -0.2) is 29.5 Å². The Bertz CT molecular complexity index is 1120. The number of aryl methyl sites for hydroxylation is 1. The van der Waals surface area contributed by atoms with Crippen LogP contribution in [0.15, 0.2) is 24.3 Å². The molecule has 2 aromatic rings. The summed E-state index contributed by atoms with van der Waals surface area (Å²) in [5.41, 5.74) is 6.75. The van der Waals surface area contributed by atoms with Gasteiger partial charge in [-0.2, -0.15) is 0 Å². The molecular weight excluding hydrogens is 444 g/mol. The van der Waals surface area contributed by atoms with Crippen LogP contribution >= 0.6 is 11.3 Å². The fourth-order valence-electron chi connectivity index (χ4n) is 4.08. The van der Waals surface area contributed by atoms with Crippen LogP contribution in [-0.2, 0) is 27.2 Å². The molecule has 1 aliphatic heterocycles. The monoisotopic (exact) mass is 468 g/mol. The van der Waals surface area contributed by atoms with Gasteiger partial charge in [0.25, 0.3) is 11.8 Å². The first-order valence-electron chi connectivity index (χ1n) is 10.8. The lowest BCUT2D eigenvalue weighted by Gasteiger charge is -2.14. The Morgan fingerprint density at radius 2 is 1.52 bits per heavy atom. The molecular formula is C23H24N4O5S. The highest BCUT2D eigenvalue weighted by atomic mass is 32.1. The van der Waals surface area contributed by atoms with Crippen molar-refractivity contribution < 1.29 is 24.0 Å². The van der Waals surface area contributed by atoms with Crippen molar-refractivity contribution in [2.45, 2.75) is 51.9 Å². The van der Waals surface area contributed by atoms with Gasteiger partial charge in [-0.25, -0.2) is 0 Å². The number of nitrogens with zero attached hydrogens (tertiary/aromatic N) is 1. The molecule has 0 atom stereocenters. The Hall–Kier alpha value is -3.53. The van der Waals surface area contributed by atoms with Crippen LogP contribution in [0.3, 0.4) is 0 Å². The fourth-order valence-corrected chi connectivity index (χ4v) is 5.36. The molecule has 1 aromatic carbocycles. The molecule has 3 N–H and O–H groups in total. The molecule has 0 radical (unpaired) electrons. The number of hydrogen-bond acceptors (Lipinski definition) is 6. The lowest BCUT2D eigenvalue weighted by atomic mass is 10.0. The molecule has 172 valence electrons. The topological polar surface area (TPSA) is 125 Å². The zero-order chi connectivity index (χ0) is 23.5. The van der Waals surface area contributed by atoms with Gasteiger partial charge in [0.1, 0.15) is 5.00 Å². The summed E-state index contributed by atoms with van der Waals surface area (Å²) < 4.78 is 0. The maximum absolute atomic E-state index is 12.9. The number of amides is 5. The summed E-state index contributed by atoms with van der Waals surface area (Å²) in [6.45, 7) is 1.30. The maximum Gasteiger partial charge on any atom is 0.272 e. The van der Waals surface area contributed by atoms with Crippen molar-refractivity contribution in [3.05, 3.63) is 45.8 Å². The minimum absolute atomic E-state index is 0.188. The third-order valence-electron chi connectivity index (χ3n) is 5.67. The first kappa shape index (κ1) is 22.7. The van der Waals surface area contributed by atoms with Gasteiger partial charge in [-0.3, -0.25) is 39.7 Å². The molecule has 1 fully saturated rings. The number of benzene rings is 1. The molecule has 0 spiro atoms. The summed E-state index contributed by atoms with van der Waals surface area (Å²) in [4.78, 5) is 63.1. The number of carbonyl (C=O) groups excluding carboxylic acids is 5. The van der Waals surface area contributed by atoms with Crippen LogP contribution in [0.5, 0.6) is 0 Å². The molecule has 0 bridgehead atoms. The van der Waals surface area contributed by atoms with E-state index in [9.17, 15) is 24.0 Å². The van der Waals surface area contributed by atoms with Crippen molar-refractivity contribution in [2.75, 3.05) is 10.2 Å². The summed E-state index contributed by atoms with van der Waals surface area (Å²) in [6.07, 6.45) is 4.99. The van der Waals surface area contributed by atoms with Gasteiger partial charge in [0.2, 0.25) is 17.7 Å². The van der Waals surface area contributed by atoms with Crippen LogP contribution in [0.25, 0.3) is 0 Å². The van der Waals surface area contributed by atoms with E-state index in [0.29, 0.717) is 21.8 Å². The van der Waals surface area contributed by atoms with E-state index in [1.165, 1.54) is 18.3 Å². The number of carbonyl (C=O) groups is 5. The average Bonchev–Trinajstić information content (AvgIpc) is 3.20. The van der Waals surface area contributed by atoms with Gasteiger partial charge < -0.3 is 5.32 Å². The maximum atomic E-state index is 12.9. The lowest BCUT2D eigenvalue weighted by molar-refractivity contribution is -0.121. The zero-order valence-corrected chi connectivity index (χ0v) is 19.0. The Labute approximate surface area is 194 Å². The van der Waals surface area contributed by atoms with E-state index in [4.69, 9.17) is 0 Å². The van der Waals surface area contributed by atoms with Crippen molar-refractivity contribution in [1.29, 1.82) is 0 Å². The minimum Gasteiger partial charge on any atom is -0.313 e. The van der Waals surface area contributed by atoms with Gasteiger partial charge in [0.05, 0.1) is 11.3 Å². The standard InChI is InChI=1S/C23H24N4O5S/c1-13(28)25-26-22(32)20-16-5-3-2-4-6-17(16)33-23(20)24-21(31)14-7-9-15(10-8-14)27-18(29)11-12-19(27)30/h7-10H,2-6,11-12H2,1H3,(H,24,31)(H,25,28)(H,26,32). The quantitative estimate of drug-likeness (QED) is 0.362. The summed E-state index contributed by atoms with van der Waals surface area (Å²) in [5.74, 6) is -1.79. The van der Waals surface area contributed by atoms with E-state index in [1.807, 2.05) is 0 Å². The first-order chi connectivity index (χ1) is 15.8. The normalized spacial score (nSPS) is 15.6. The molecule has 0 unspecified atom stereocenters. The van der Waals surface area contributed by atoms with E-state index < -0.39 is 17.7 Å². The molecule has 5 amide bonds. The van der Waals surface area contributed by atoms with E-state index in [2.05, 4.69) is 16.2 Å². The van der Waals surface area contributed by atoms with E-state index in [1.54, 1.807) is 24.3 Å². The highest BCUT2D eigenvalue weighted by molar-refractivity contribution is 7.17. The smallest absolute Gasteiger partial charge is 0.272 e. The molecule has 1 saturated heterocycles. The highest BCUT2D eigenvalue weighted by Crippen LogP contribution is 2.37. The van der Waals surface area contributed by atoms with E-state index in [0.717, 1.165) is 47.4 Å². The Morgan fingerprint density at radius 3 is 2.18 bits per heavy atom. The second kappa shape index (κ2) is 9.53. The highest BCUT2D eigenvalue weighted by Gasteiger charge is 2.30. The Morgan fingerprint density at radius 1 is 0.848 bits per heavy atom. The van der Waals surface area contributed by atoms with Gasteiger partial charge in [-0.15, -0.1) is 11.3 Å². The summed E-state index contributed by atoms with van der Waals surface area (Å²) >= 11 is 1.38. The second-order valence-electron chi connectivity index (χ2n) is 8.03. The number of hydrogen-bond donors (Lipinski definition) is 3. The molecule has 1 aliphatic carbocycles. The Balaban J connectivity index is 1.57. The molecule has 0 saturated carbocycles. The number of fused-ring (bicyclic) bond motifs is 1. The van der Waals surface area contributed by atoms with Gasteiger partial charge >= 0.3 is 0 Å². The number of rotatable bonds is 4. The molecule has 2 aliphatic rings. The second-order valence-corrected chi connectivity index (χ2v) is 9.13. The summed E-state index contributed by atoms with van der Waals surface area (Å²) in [5, 5.41) is 3.27. The number of anilines is 2. The van der Waals surface area contributed by atoms with Crippen molar-refractivity contribution in [3.63, 3.8) is 0 Å². The predicted molar refractivity (Wildman–Crippen MR) is 123 cm³/mol. The van der Waals surface area contributed by atoms with Gasteiger partial charge in [-0.05, 0) is 55.5 Å². The molecule has 9 nitrogen and oxygen atoms in total. The van der Waals surface area contributed by atoms with Crippen LogP contribution < -0.4 is 21.1 Å². The van der Waals surface area contributed by atoms with Crippen LogP contribution in [0.2, 0.25) is 0 Å². The number of thiophene rings is 1. The van der Waals surface area contributed by atoms with Gasteiger partial charge in [0.15, 0.2) is 0 Å². The van der Waals surface area contributed by atoms with Gasteiger partial charge in [0, 0.05) is 30.2 Å². The SMILES string of the molecule is CC(=O)NNC(=O)c1c(NC(=O)c2ccc(N3C(=O)CCC3=O)cc2)sc2c1CCCCC2. The third kappa shape index (κ3) is 4.80. The van der Waals surface area contributed by atoms with E-state index in [-0.39, 0.29) is 24.7 Å². The van der Waals surface area contributed by atoms with Gasteiger partial charge in [-0.1, -0.05) is 6.42 Å². The zero-order valence-electron chi connectivity index (χ0n) is 18.2. The number of imide groups is 1. The van der Waals surface area contributed by atoms with Crippen molar-refractivity contribution in [3.8, 4) is 0 Å². The minimum atomic E-state index is -0.471.